The first kappa shape index (κ1) is 14.2. The van der Waals surface area contributed by atoms with Crippen LogP contribution in [0, 0.1) is 17.2 Å². The van der Waals surface area contributed by atoms with Gasteiger partial charge in [-0.05, 0) is 31.7 Å². The van der Waals surface area contributed by atoms with Gasteiger partial charge in [0.15, 0.2) is 0 Å². The number of nitrogens with zero attached hydrogens (tertiary/aromatic N) is 1. The minimum atomic E-state index is -0.198. The zero-order chi connectivity index (χ0) is 13.4. The van der Waals surface area contributed by atoms with Gasteiger partial charge in [0.2, 0.25) is 0 Å². The van der Waals surface area contributed by atoms with Gasteiger partial charge in [0.1, 0.15) is 0 Å². The van der Waals surface area contributed by atoms with Crippen LogP contribution >= 0.6 is 0 Å². The summed E-state index contributed by atoms with van der Waals surface area (Å²) in [7, 11) is 0. The Hall–Kier alpha value is -1.82. The van der Waals surface area contributed by atoms with Gasteiger partial charge in [-0.15, -0.1) is 0 Å². The van der Waals surface area contributed by atoms with E-state index >= 15 is 0 Å². The number of hydrogen-bond donors (Lipinski definition) is 0. The van der Waals surface area contributed by atoms with Crippen LogP contribution in [0.1, 0.15) is 38.2 Å². The van der Waals surface area contributed by atoms with Crippen LogP contribution in [0.25, 0.3) is 0 Å². The molecule has 3 heteroatoms. The Morgan fingerprint density at radius 1 is 1.39 bits per heavy atom. The third-order valence-corrected chi connectivity index (χ3v) is 2.85. The second kappa shape index (κ2) is 7.50. The first-order valence-electron chi connectivity index (χ1n) is 6.27. The normalized spacial score (nSPS) is 13.4. The Kier molecular flexibility index (Phi) is 5.93. The van der Waals surface area contributed by atoms with Crippen molar-refractivity contribution in [2.75, 3.05) is 6.61 Å². The molecule has 18 heavy (non-hydrogen) atoms. The van der Waals surface area contributed by atoms with E-state index in [1.165, 1.54) is 0 Å². The zero-order valence-electron chi connectivity index (χ0n) is 10.9. The highest BCUT2D eigenvalue weighted by Crippen LogP contribution is 2.27. The van der Waals surface area contributed by atoms with Crippen molar-refractivity contribution in [3.8, 4) is 6.07 Å². The molecule has 0 heterocycles. The van der Waals surface area contributed by atoms with E-state index < -0.39 is 0 Å². The lowest BCUT2D eigenvalue weighted by atomic mass is 9.87. The Balaban J connectivity index is 2.76. The fourth-order valence-electron chi connectivity index (χ4n) is 1.96. The van der Waals surface area contributed by atoms with Crippen molar-refractivity contribution < 1.29 is 9.53 Å². The number of benzene rings is 1. The molecular weight excluding hydrogens is 226 g/mol. The van der Waals surface area contributed by atoms with Crippen LogP contribution in [0.15, 0.2) is 30.3 Å². The van der Waals surface area contributed by atoms with Gasteiger partial charge < -0.3 is 4.74 Å². The average molecular weight is 245 g/mol. The number of carbonyl (C=O) groups excluding carboxylic acids is 1. The standard InChI is InChI=1S/C15H19NO2/c1-3-18-15(17)10-14(9-12(2)11-16)13-7-5-4-6-8-13/h4-8,12,14H,3,9-10H2,1-2H3/t12-,14-/m0/s1. The molecule has 1 aromatic rings. The summed E-state index contributed by atoms with van der Waals surface area (Å²) in [6, 6.07) is 12.0. The highest BCUT2D eigenvalue weighted by molar-refractivity contribution is 5.70. The third-order valence-electron chi connectivity index (χ3n) is 2.85. The molecule has 3 nitrogen and oxygen atoms in total. The van der Waals surface area contributed by atoms with Crippen LogP contribution < -0.4 is 0 Å². The van der Waals surface area contributed by atoms with Crippen LogP contribution in [0.4, 0.5) is 0 Å². The van der Waals surface area contributed by atoms with Crippen molar-refractivity contribution in [1.29, 1.82) is 5.26 Å². The molecule has 0 bridgehead atoms. The summed E-state index contributed by atoms with van der Waals surface area (Å²) in [5.74, 6) is -0.207. The highest BCUT2D eigenvalue weighted by atomic mass is 16.5. The molecule has 1 aromatic carbocycles. The number of carbonyl (C=O) groups is 1. The molecule has 0 fully saturated rings. The predicted octanol–water partition coefficient (Wildman–Crippen LogP) is 3.27. The Morgan fingerprint density at radius 3 is 2.61 bits per heavy atom. The van der Waals surface area contributed by atoms with Crippen LogP contribution in [0.3, 0.4) is 0 Å². The molecule has 2 atom stereocenters. The van der Waals surface area contributed by atoms with Gasteiger partial charge in [-0.2, -0.15) is 5.26 Å². The van der Waals surface area contributed by atoms with E-state index in [-0.39, 0.29) is 17.8 Å². The summed E-state index contributed by atoms with van der Waals surface area (Å²) in [6.45, 7) is 4.07. The van der Waals surface area contributed by atoms with Gasteiger partial charge in [-0.1, -0.05) is 30.3 Å². The molecule has 0 saturated heterocycles. The fraction of sp³-hybridized carbons (Fsp3) is 0.467. The molecule has 0 aromatic heterocycles. The van der Waals surface area contributed by atoms with E-state index in [2.05, 4.69) is 6.07 Å². The Morgan fingerprint density at radius 2 is 2.06 bits per heavy atom. The minimum absolute atomic E-state index is 0.0555. The quantitative estimate of drug-likeness (QED) is 0.723. The zero-order valence-corrected chi connectivity index (χ0v) is 10.9. The van der Waals surface area contributed by atoms with E-state index in [0.717, 1.165) is 5.56 Å². The predicted molar refractivity (Wildman–Crippen MR) is 69.8 cm³/mol. The Bertz CT molecular complexity index is 408. The van der Waals surface area contributed by atoms with Gasteiger partial charge in [0.05, 0.1) is 19.1 Å². The van der Waals surface area contributed by atoms with Crippen molar-refractivity contribution in [2.24, 2.45) is 5.92 Å². The fourth-order valence-corrected chi connectivity index (χ4v) is 1.96. The summed E-state index contributed by atoms with van der Waals surface area (Å²) in [5, 5.41) is 8.90. The summed E-state index contributed by atoms with van der Waals surface area (Å²) < 4.78 is 4.99. The van der Waals surface area contributed by atoms with Crippen LogP contribution in [-0.4, -0.2) is 12.6 Å². The number of nitriles is 1. The molecule has 0 aliphatic heterocycles. The largest absolute Gasteiger partial charge is 0.466 e. The van der Waals surface area contributed by atoms with E-state index in [1.54, 1.807) is 6.92 Å². The summed E-state index contributed by atoms with van der Waals surface area (Å²) in [4.78, 5) is 11.6. The smallest absolute Gasteiger partial charge is 0.306 e. The van der Waals surface area contributed by atoms with Crippen molar-refractivity contribution in [1.82, 2.24) is 0 Å². The molecular formula is C15H19NO2. The van der Waals surface area contributed by atoms with Crippen LogP contribution in [-0.2, 0) is 9.53 Å². The van der Waals surface area contributed by atoms with Gasteiger partial charge in [-0.25, -0.2) is 0 Å². The number of esters is 1. The topological polar surface area (TPSA) is 50.1 Å². The first-order chi connectivity index (χ1) is 8.67. The number of ether oxygens (including phenoxy) is 1. The molecule has 0 aliphatic rings. The number of hydrogen-bond acceptors (Lipinski definition) is 3. The van der Waals surface area contributed by atoms with E-state index in [4.69, 9.17) is 10.00 Å². The Labute approximate surface area is 108 Å². The second-order valence-electron chi connectivity index (χ2n) is 4.38. The summed E-state index contributed by atoms with van der Waals surface area (Å²) in [6.07, 6.45) is 1.02. The molecule has 0 spiro atoms. The van der Waals surface area contributed by atoms with Crippen molar-refractivity contribution in [3.63, 3.8) is 0 Å². The van der Waals surface area contributed by atoms with E-state index in [1.807, 2.05) is 37.3 Å². The summed E-state index contributed by atoms with van der Waals surface area (Å²) >= 11 is 0. The van der Waals surface area contributed by atoms with Gasteiger partial charge in [-0.3, -0.25) is 4.79 Å². The third kappa shape index (κ3) is 4.58. The first-order valence-corrected chi connectivity index (χ1v) is 6.27. The van der Waals surface area contributed by atoms with Crippen molar-refractivity contribution >= 4 is 5.97 Å². The van der Waals surface area contributed by atoms with E-state index in [0.29, 0.717) is 19.4 Å². The van der Waals surface area contributed by atoms with Crippen molar-refractivity contribution in [3.05, 3.63) is 35.9 Å². The molecule has 96 valence electrons. The maximum Gasteiger partial charge on any atom is 0.306 e. The van der Waals surface area contributed by atoms with Crippen molar-refractivity contribution in [2.45, 2.75) is 32.6 Å². The molecule has 0 saturated carbocycles. The van der Waals surface area contributed by atoms with E-state index in [9.17, 15) is 4.79 Å². The SMILES string of the molecule is CCOC(=O)C[C@H](C[C@H](C)C#N)c1ccccc1. The minimum Gasteiger partial charge on any atom is -0.466 e. The average Bonchev–Trinajstić information content (AvgIpc) is 2.39. The monoisotopic (exact) mass is 245 g/mol. The van der Waals surface area contributed by atoms with Gasteiger partial charge in [0, 0.05) is 5.92 Å². The second-order valence-corrected chi connectivity index (χ2v) is 4.38. The molecule has 0 radical (unpaired) electrons. The highest BCUT2D eigenvalue weighted by Gasteiger charge is 2.19. The lowest BCUT2D eigenvalue weighted by Crippen LogP contribution is -2.12. The lowest BCUT2D eigenvalue weighted by Gasteiger charge is -2.17. The maximum atomic E-state index is 11.6. The molecule has 0 unspecified atom stereocenters. The van der Waals surface area contributed by atoms with Crippen LogP contribution in [0.5, 0.6) is 0 Å². The number of rotatable bonds is 6. The molecule has 0 aliphatic carbocycles. The molecule has 0 amide bonds. The van der Waals surface area contributed by atoms with Crippen LogP contribution in [0.2, 0.25) is 0 Å². The maximum absolute atomic E-state index is 11.6. The molecule has 0 N–H and O–H groups in total. The molecule has 1 rings (SSSR count). The summed E-state index contributed by atoms with van der Waals surface area (Å²) in [5.41, 5.74) is 1.09. The van der Waals surface area contributed by atoms with Gasteiger partial charge >= 0.3 is 5.97 Å². The lowest BCUT2D eigenvalue weighted by molar-refractivity contribution is -0.143. The van der Waals surface area contributed by atoms with Gasteiger partial charge in [0.25, 0.3) is 0 Å².